The van der Waals surface area contributed by atoms with Crippen LogP contribution in [0.1, 0.15) is 33.1 Å². The van der Waals surface area contributed by atoms with E-state index in [9.17, 15) is 4.79 Å². The average Bonchev–Trinajstić information content (AvgIpc) is 2.27. The van der Waals surface area contributed by atoms with Gasteiger partial charge >= 0.3 is 0 Å². The van der Waals surface area contributed by atoms with Crippen molar-refractivity contribution in [2.45, 2.75) is 37.9 Å². The van der Waals surface area contributed by atoms with Gasteiger partial charge in [0.25, 0.3) is 0 Å². The Balaban J connectivity index is 2.14. The smallest absolute Gasteiger partial charge is 0.220 e. The minimum Gasteiger partial charge on any atom is -0.355 e. The fourth-order valence-corrected chi connectivity index (χ4v) is 3.10. The van der Waals surface area contributed by atoms with Crippen LogP contribution in [0.15, 0.2) is 0 Å². The molecule has 0 aromatic carbocycles. The number of alkyl halides is 1. The van der Waals surface area contributed by atoms with E-state index in [1.165, 1.54) is 24.3 Å². The Hall–Kier alpha value is 0.300. The summed E-state index contributed by atoms with van der Waals surface area (Å²) >= 11 is 5.59. The van der Waals surface area contributed by atoms with Gasteiger partial charge in [-0.15, -0.1) is 0 Å². The van der Waals surface area contributed by atoms with E-state index in [1.54, 1.807) is 0 Å². The van der Waals surface area contributed by atoms with Gasteiger partial charge in [0.2, 0.25) is 5.91 Å². The van der Waals surface area contributed by atoms with Crippen LogP contribution in [0.3, 0.4) is 0 Å². The molecule has 1 unspecified atom stereocenters. The Morgan fingerprint density at radius 1 is 1.44 bits per heavy atom. The molecule has 94 valence electrons. The Labute approximate surface area is 111 Å². The molecule has 1 amide bonds. The third kappa shape index (κ3) is 5.58. The average molecular weight is 308 g/mol. The molecule has 0 bridgehead atoms. The summed E-state index contributed by atoms with van der Waals surface area (Å²) in [4.78, 5) is 12.1. The summed E-state index contributed by atoms with van der Waals surface area (Å²) in [5.41, 5.74) is 0. The van der Waals surface area contributed by atoms with Crippen molar-refractivity contribution in [3.63, 3.8) is 0 Å². The van der Waals surface area contributed by atoms with E-state index in [0.29, 0.717) is 16.7 Å². The molecular formula is C12H22BrNOS. The molecule has 1 saturated heterocycles. The normalized spacial score (nSPS) is 19.8. The molecule has 0 radical (unpaired) electrons. The third-order valence-corrected chi connectivity index (χ3v) is 5.46. The molecule has 2 nitrogen and oxygen atoms in total. The summed E-state index contributed by atoms with van der Waals surface area (Å²) in [6.07, 6.45) is 3.14. The van der Waals surface area contributed by atoms with Crippen molar-refractivity contribution >= 4 is 33.6 Å². The highest BCUT2D eigenvalue weighted by molar-refractivity contribution is 9.09. The van der Waals surface area contributed by atoms with Crippen molar-refractivity contribution in [2.24, 2.45) is 11.8 Å². The maximum absolute atomic E-state index is 11.7. The summed E-state index contributed by atoms with van der Waals surface area (Å²) < 4.78 is 0. The Bertz CT molecular complexity index is 217. The molecule has 1 N–H and O–H groups in total. The van der Waals surface area contributed by atoms with Gasteiger partial charge in [0.05, 0.1) is 0 Å². The zero-order valence-corrected chi connectivity index (χ0v) is 12.6. The fraction of sp³-hybridized carbons (Fsp3) is 0.917. The van der Waals surface area contributed by atoms with Gasteiger partial charge in [0.15, 0.2) is 0 Å². The number of carbonyl (C=O) groups excluding carboxylic acids is 1. The topological polar surface area (TPSA) is 29.1 Å². The summed E-state index contributed by atoms with van der Waals surface area (Å²) in [6, 6.07) is 0. The number of thioether (sulfide) groups is 1. The van der Waals surface area contributed by atoms with Gasteiger partial charge in [-0.05, 0) is 36.2 Å². The highest BCUT2D eigenvalue weighted by Crippen LogP contribution is 2.25. The first-order valence-electron chi connectivity index (χ1n) is 6.08. The van der Waals surface area contributed by atoms with Gasteiger partial charge in [-0.2, -0.15) is 11.8 Å². The van der Waals surface area contributed by atoms with E-state index < -0.39 is 0 Å². The van der Waals surface area contributed by atoms with Crippen molar-refractivity contribution in [3.05, 3.63) is 0 Å². The molecule has 0 spiro atoms. The summed E-state index contributed by atoms with van der Waals surface area (Å²) in [5, 5.41) is 3.02. The molecule has 1 aliphatic rings. The molecular weight excluding hydrogens is 286 g/mol. The van der Waals surface area contributed by atoms with Crippen LogP contribution in [0.25, 0.3) is 0 Å². The third-order valence-electron chi connectivity index (χ3n) is 3.03. The number of hydrogen-bond acceptors (Lipinski definition) is 2. The van der Waals surface area contributed by atoms with Crippen molar-refractivity contribution in [2.75, 3.05) is 18.1 Å². The molecule has 1 atom stereocenters. The lowest BCUT2D eigenvalue weighted by molar-refractivity contribution is -0.122. The van der Waals surface area contributed by atoms with E-state index in [0.717, 1.165) is 13.0 Å². The Morgan fingerprint density at radius 2 is 2.06 bits per heavy atom. The molecule has 0 aliphatic carbocycles. The van der Waals surface area contributed by atoms with Gasteiger partial charge in [-0.25, -0.2) is 0 Å². The quantitative estimate of drug-likeness (QED) is 0.791. The van der Waals surface area contributed by atoms with E-state index in [-0.39, 0.29) is 5.91 Å². The summed E-state index contributed by atoms with van der Waals surface area (Å²) in [5.74, 6) is 3.86. The van der Waals surface area contributed by atoms with Crippen LogP contribution in [-0.2, 0) is 4.79 Å². The second kappa shape index (κ2) is 7.59. The van der Waals surface area contributed by atoms with Gasteiger partial charge in [-0.3, -0.25) is 4.79 Å². The number of rotatable bonds is 5. The van der Waals surface area contributed by atoms with Crippen LogP contribution in [0, 0.1) is 11.8 Å². The first-order chi connectivity index (χ1) is 7.59. The minimum absolute atomic E-state index is 0.224. The van der Waals surface area contributed by atoms with Gasteiger partial charge in [-0.1, -0.05) is 29.8 Å². The number of amides is 1. The minimum atomic E-state index is 0.224. The summed E-state index contributed by atoms with van der Waals surface area (Å²) in [7, 11) is 0. The van der Waals surface area contributed by atoms with Crippen molar-refractivity contribution in [3.8, 4) is 0 Å². The standard InChI is InChI=1S/C12H22BrNOS/c1-9(2)11(13)8-14-12(15)7-10-3-5-16-6-4-10/h9-11H,3-8H2,1-2H3,(H,14,15). The van der Waals surface area contributed by atoms with Crippen LogP contribution < -0.4 is 5.32 Å². The zero-order chi connectivity index (χ0) is 12.0. The first kappa shape index (κ1) is 14.4. The van der Waals surface area contributed by atoms with Crippen LogP contribution in [-0.4, -0.2) is 28.8 Å². The van der Waals surface area contributed by atoms with Crippen LogP contribution >= 0.6 is 27.7 Å². The van der Waals surface area contributed by atoms with E-state index in [2.05, 4.69) is 35.1 Å². The lowest BCUT2D eigenvalue weighted by Crippen LogP contribution is -2.33. The monoisotopic (exact) mass is 307 g/mol. The van der Waals surface area contributed by atoms with Crippen LogP contribution in [0.4, 0.5) is 0 Å². The number of halogens is 1. The van der Waals surface area contributed by atoms with Gasteiger partial charge < -0.3 is 5.32 Å². The molecule has 1 heterocycles. The van der Waals surface area contributed by atoms with Gasteiger partial charge in [0, 0.05) is 17.8 Å². The zero-order valence-electron chi connectivity index (χ0n) is 10.2. The predicted molar refractivity (Wildman–Crippen MR) is 75.2 cm³/mol. The van der Waals surface area contributed by atoms with Crippen LogP contribution in [0.2, 0.25) is 0 Å². The maximum atomic E-state index is 11.7. The second-order valence-corrected chi connectivity index (χ2v) is 7.22. The van der Waals surface area contributed by atoms with Crippen molar-refractivity contribution in [1.82, 2.24) is 5.32 Å². The molecule has 1 rings (SSSR count). The lowest BCUT2D eigenvalue weighted by Gasteiger charge is -2.21. The van der Waals surface area contributed by atoms with Crippen molar-refractivity contribution < 1.29 is 4.79 Å². The molecule has 1 aliphatic heterocycles. The largest absolute Gasteiger partial charge is 0.355 e. The van der Waals surface area contributed by atoms with Gasteiger partial charge in [0.1, 0.15) is 0 Å². The fourth-order valence-electron chi connectivity index (χ4n) is 1.73. The highest BCUT2D eigenvalue weighted by atomic mass is 79.9. The number of carbonyl (C=O) groups is 1. The molecule has 0 aromatic rings. The second-order valence-electron chi connectivity index (χ2n) is 4.82. The van der Waals surface area contributed by atoms with Crippen molar-refractivity contribution in [1.29, 1.82) is 0 Å². The van der Waals surface area contributed by atoms with E-state index in [1.807, 2.05) is 11.8 Å². The SMILES string of the molecule is CC(C)C(Br)CNC(=O)CC1CCSCC1. The molecule has 0 saturated carbocycles. The number of hydrogen-bond donors (Lipinski definition) is 1. The summed E-state index contributed by atoms with van der Waals surface area (Å²) in [6.45, 7) is 5.06. The molecule has 0 aromatic heterocycles. The van der Waals surface area contributed by atoms with Crippen LogP contribution in [0.5, 0.6) is 0 Å². The van der Waals surface area contributed by atoms with E-state index >= 15 is 0 Å². The van der Waals surface area contributed by atoms with E-state index in [4.69, 9.17) is 0 Å². The molecule has 16 heavy (non-hydrogen) atoms. The first-order valence-corrected chi connectivity index (χ1v) is 8.15. The predicted octanol–water partition coefficient (Wildman–Crippen LogP) is 3.06. The number of nitrogens with one attached hydrogen (secondary N) is 1. The Kier molecular flexibility index (Phi) is 6.81. The molecule has 4 heteroatoms. The lowest BCUT2D eigenvalue weighted by atomic mass is 9.98. The highest BCUT2D eigenvalue weighted by Gasteiger charge is 2.18. The Morgan fingerprint density at radius 3 is 2.62 bits per heavy atom. The molecule has 1 fully saturated rings. The maximum Gasteiger partial charge on any atom is 0.220 e.